The number of hydrogen-bond donors (Lipinski definition) is 0. The van der Waals surface area contributed by atoms with Crippen molar-refractivity contribution in [3.8, 4) is 0 Å². The predicted octanol–water partition coefficient (Wildman–Crippen LogP) is 3.01. The van der Waals surface area contributed by atoms with Gasteiger partial charge in [0, 0.05) is 10.0 Å². The molecule has 0 aliphatic carbocycles. The maximum atomic E-state index is 11.2. The van der Waals surface area contributed by atoms with Crippen LogP contribution in [0, 0.1) is 0 Å². The van der Waals surface area contributed by atoms with Crippen molar-refractivity contribution in [2.24, 2.45) is 0 Å². The van der Waals surface area contributed by atoms with E-state index in [4.69, 9.17) is 4.74 Å². The molecule has 0 N–H and O–H groups in total. The Hall–Kier alpha value is -0.350. The SMILES string of the molecule is O=C1OC(Br)c2cccc(Br)c21. The number of fused-ring (bicyclic) bond motifs is 1. The van der Waals surface area contributed by atoms with Crippen LogP contribution in [0.3, 0.4) is 0 Å². The predicted molar refractivity (Wildman–Crippen MR) is 51.2 cm³/mol. The Bertz CT molecular complexity index is 349. The quantitative estimate of drug-likeness (QED) is 0.542. The second-order valence-electron chi connectivity index (χ2n) is 2.43. The van der Waals surface area contributed by atoms with E-state index in [1.807, 2.05) is 18.2 Å². The normalized spacial score (nSPS) is 20.5. The first-order valence-electron chi connectivity index (χ1n) is 3.33. The highest BCUT2D eigenvalue weighted by atomic mass is 79.9. The average Bonchev–Trinajstić information content (AvgIpc) is 2.29. The summed E-state index contributed by atoms with van der Waals surface area (Å²) in [7, 11) is 0. The summed E-state index contributed by atoms with van der Waals surface area (Å²) in [4.78, 5) is 11.2. The third-order valence-corrected chi connectivity index (χ3v) is 3.05. The van der Waals surface area contributed by atoms with Crippen molar-refractivity contribution in [2.45, 2.75) is 5.01 Å². The Morgan fingerprint density at radius 3 is 2.83 bits per heavy atom. The molecule has 1 unspecified atom stereocenters. The fourth-order valence-electron chi connectivity index (χ4n) is 1.16. The summed E-state index contributed by atoms with van der Waals surface area (Å²) in [6.45, 7) is 0. The van der Waals surface area contributed by atoms with Gasteiger partial charge >= 0.3 is 5.97 Å². The molecule has 1 aliphatic heterocycles. The monoisotopic (exact) mass is 290 g/mol. The van der Waals surface area contributed by atoms with Gasteiger partial charge in [-0.15, -0.1) is 0 Å². The van der Waals surface area contributed by atoms with Crippen LogP contribution in [0.2, 0.25) is 0 Å². The van der Waals surface area contributed by atoms with Gasteiger partial charge in [0.1, 0.15) is 0 Å². The van der Waals surface area contributed by atoms with Crippen molar-refractivity contribution in [2.75, 3.05) is 0 Å². The second-order valence-corrected chi connectivity index (χ2v) is 4.11. The van der Waals surface area contributed by atoms with Gasteiger partial charge in [-0.1, -0.05) is 12.1 Å². The molecule has 1 aromatic rings. The Balaban J connectivity index is 2.67. The Morgan fingerprint density at radius 1 is 1.42 bits per heavy atom. The van der Waals surface area contributed by atoms with Crippen molar-refractivity contribution in [1.29, 1.82) is 0 Å². The third kappa shape index (κ3) is 1.10. The van der Waals surface area contributed by atoms with Crippen LogP contribution in [0.15, 0.2) is 22.7 Å². The summed E-state index contributed by atoms with van der Waals surface area (Å²) in [6.07, 6.45) is 0. The summed E-state index contributed by atoms with van der Waals surface area (Å²) >= 11 is 6.54. The highest BCUT2D eigenvalue weighted by Gasteiger charge is 2.30. The van der Waals surface area contributed by atoms with Crippen LogP contribution in [0.5, 0.6) is 0 Å². The number of halogens is 2. The van der Waals surface area contributed by atoms with Crippen molar-refractivity contribution in [1.82, 2.24) is 0 Å². The maximum Gasteiger partial charge on any atom is 0.341 e. The minimum Gasteiger partial charge on any atom is -0.442 e. The molecule has 4 heteroatoms. The van der Waals surface area contributed by atoms with Crippen LogP contribution in [0.1, 0.15) is 20.9 Å². The molecule has 1 atom stereocenters. The molecule has 2 rings (SSSR count). The van der Waals surface area contributed by atoms with Gasteiger partial charge in [0.25, 0.3) is 0 Å². The van der Waals surface area contributed by atoms with Crippen molar-refractivity contribution in [3.63, 3.8) is 0 Å². The summed E-state index contributed by atoms with van der Waals surface area (Å²) in [5.41, 5.74) is 1.51. The molecule has 12 heavy (non-hydrogen) atoms. The summed E-state index contributed by atoms with van der Waals surface area (Å²) in [5.74, 6) is -0.278. The number of hydrogen-bond acceptors (Lipinski definition) is 2. The molecule has 0 spiro atoms. The fraction of sp³-hybridized carbons (Fsp3) is 0.125. The van der Waals surface area contributed by atoms with Gasteiger partial charge in [0.2, 0.25) is 0 Å². The smallest absolute Gasteiger partial charge is 0.341 e. The summed E-state index contributed by atoms with van der Waals surface area (Å²) in [6, 6.07) is 5.56. The van der Waals surface area contributed by atoms with E-state index in [1.165, 1.54) is 0 Å². The lowest BCUT2D eigenvalue weighted by Gasteiger charge is -1.98. The number of carbonyl (C=O) groups is 1. The van der Waals surface area contributed by atoms with E-state index in [-0.39, 0.29) is 11.0 Å². The van der Waals surface area contributed by atoms with Gasteiger partial charge in [-0.3, -0.25) is 0 Å². The van der Waals surface area contributed by atoms with Gasteiger partial charge < -0.3 is 4.74 Å². The zero-order valence-electron chi connectivity index (χ0n) is 5.88. The first-order valence-corrected chi connectivity index (χ1v) is 5.04. The largest absolute Gasteiger partial charge is 0.442 e. The molecule has 1 aliphatic rings. The first kappa shape index (κ1) is 8.26. The highest BCUT2D eigenvalue weighted by molar-refractivity contribution is 9.10. The molecule has 0 fully saturated rings. The zero-order valence-corrected chi connectivity index (χ0v) is 9.05. The minimum absolute atomic E-state index is 0.278. The standard InChI is InChI=1S/C8H4Br2O2/c9-5-3-1-2-4-6(5)8(11)12-7(4)10/h1-3,7H. The molecule has 1 aromatic carbocycles. The minimum atomic E-state index is -0.294. The van der Waals surface area contributed by atoms with Crippen LogP contribution in [0.4, 0.5) is 0 Å². The summed E-state index contributed by atoms with van der Waals surface area (Å²) < 4.78 is 5.74. The van der Waals surface area contributed by atoms with Crippen molar-refractivity contribution < 1.29 is 9.53 Å². The van der Waals surface area contributed by atoms with Gasteiger partial charge in [-0.2, -0.15) is 0 Å². The number of ether oxygens (including phenoxy) is 1. The number of cyclic esters (lactones) is 1. The van der Waals surface area contributed by atoms with Crippen molar-refractivity contribution >= 4 is 37.8 Å². The van der Waals surface area contributed by atoms with Crippen LogP contribution in [-0.4, -0.2) is 5.97 Å². The fourth-order valence-corrected chi connectivity index (χ4v) is 2.26. The lowest BCUT2D eigenvalue weighted by molar-refractivity contribution is 0.0529. The molecular formula is C8H4Br2O2. The lowest BCUT2D eigenvalue weighted by atomic mass is 10.1. The number of rotatable bonds is 0. The van der Waals surface area contributed by atoms with E-state index in [0.717, 1.165) is 10.0 Å². The number of benzene rings is 1. The van der Waals surface area contributed by atoms with Gasteiger partial charge in [-0.05, 0) is 37.9 Å². The lowest BCUT2D eigenvalue weighted by Crippen LogP contribution is -1.94. The maximum absolute atomic E-state index is 11.2. The van der Waals surface area contributed by atoms with E-state index in [1.54, 1.807) is 0 Å². The molecule has 0 radical (unpaired) electrons. The molecule has 0 aromatic heterocycles. The van der Waals surface area contributed by atoms with Gasteiger partial charge in [0.15, 0.2) is 5.01 Å². The third-order valence-electron chi connectivity index (χ3n) is 1.70. The van der Waals surface area contributed by atoms with Gasteiger partial charge in [0.05, 0.1) is 5.56 Å². The highest BCUT2D eigenvalue weighted by Crippen LogP contribution is 2.38. The van der Waals surface area contributed by atoms with E-state index >= 15 is 0 Å². The molecule has 0 saturated heterocycles. The number of esters is 1. The van der Waals surface area contributed by atoms with E-state index in [2.05, 4.69) is 31.9 Å². The molecule has 62 valence electrons. The number of carbonyl (C=O) groups excluding carboxylic acids is 1. The van der Waals surface area contributed by atoms with E-state index in [0.29, 0.717) is 5.56 Å². The van der Waals surface area contributed by atoms with Crippen LogP contribution in [0.25, 0.3) is 0 Å². The molecular weight excluding hydrogens is 288 g/mol. The topological polar surface area (TPSA) is 26.3 Å². The van der Waals surface area contributed by atoms with Crippen LogP contribution < -0.4 is 0 Å². The Kier molecular flexibility index (Phi) is 1.96. The van der Waals surface area contributed by atoms with Gasteiger partial charge in [-0.25, -0.2) is 4.79 Å². The van der Waals surface area contributed by atoms with E-state index < -0.39 is 0 Å². The Morgan fingerprint density at radius 2 is 2.17 bits per heavy atom. The average molecular weight is 292 g/mol. The van der Waals surface area contributed by atoms with Crippen LogP contribution in [-0.2, 0) is 4.74 Å². The molecule has 2 nitrogen and oxygen atoms in total. The van der Waals surface area contributed by atoms with Crippen LogP contribution >= 0.6 is 31.9 Å². The molecule has 0 saturated carbocycles. The zero-order chi connectivity index (χ0) is 8.72. The first-order chi connectivity index (χ1) is 5.70. The van der Waals surface area contributed by atoms with E-state index in [9.17, 15) is 4.79 Å². The Labute approximate surface area is 86.2 Å². The molecule has 1 heterocycles. The number of alkyl halides is 1. The van der Waals surface area contributed by atoms with Crippen molar-refractivity contribution in [3.05, 3.63) is 33.8 Å². The second kappa shape index (κ2) is 2.85. The molecule has 0 bridgehead atoms. The summed E-state index contributed by atoms with van der Waals surface area (Å²) in [5, 5.41) is -0.294. The molecule has 0 amide bonds.